The highest BCUT2D eigenvalue weighted by Gasteiger charge is 2.08. The zero-order valence-corrected chi connectivity index (χ0v) is 10.2. The number of fused-ring (bicyclic) bond motifs is 1. The van der Waals surface area contributed by atoms with Gasteiger partial charge in [-0.3, -0.25) is 9.55 Å². The molecule has 5 heteroatoms. The van der Waals surface area contributed by atoms with Gasteiger partial charge < -0.3 is 5.32 Å². The third-order valence-corrected chi connectivity index (χ3v) is 2.81. The molecule has 0 aliphatic heterocycles. The van der Waals surface area contributed by atoms with Crippen molar-refractivity contribution in [3.05, 3.63) is 60.7 Å². The van der Waals surface area contributed by atoms with Crippen molar-refractivity contribution in [1.82, 2.24) is 19.9 Å². The lowest BCUT2D eigenvalue weighted by Gasteiger charge is -2.06. The highest BCUT2D eigenvalue weighted by atomic mass is 16.2. The molecular weight excluding hydrogens is 240 g/mol. The summed E-state index contributed by atoms with van der Waals surface area (Å²) in [6, 6.07) is 11.0. The Morgan fingerprint density at radius 3 is 2.84 bits per heavy atom. The van der Waals surface area contributed by atoms with Crippen LogP contribution < -0.4 is 5.32 Å². The van der Waals surface area contributed by atoms with Crippen LogP contribution in [0.4, 0.5) is 4.79 Å². The number of pyridine rings is 2. The smallest absolute Gasteiger partial charge is 0.327 e. The second-order valence-corrected chi connectivity index (χ2v) is 4.08. The molecule has 0 unspecified atom stereocenters. The summed E-state index contributed by atoms with van der Waals surface area (Å²) in [5.41, 5.74) is 1.47. The van der Waals surface area contributed by atoms with E-state index >= 15 is 0 Å². The first-order valence-electron chi connectivity index (χ1n) is 5.95. The van der Waals surface area contributed by atoms with E-state index in [4.69, 9.17) is 0 Å². The average Bonchev–Trinajstić information content (AvgIpc) is 2.90. The maximum absolute atomic E-state index is 12.1. The van der Waals surface area contributed by atoms with Crippen LogP contribution in [0.1, 0.15) is 5.69 Å². The highest BCUT2D eigenvalue weighted by molar-refractivity contribution is 5.89. The van der Waals surface area contributed by atoms with E-state index in [1.807, 2.05) is 36.4 Å². The van der Waals surface area contributed by atoms with Crippen molar-refractivity contribution in [2.75, 3.05) is 0 Å². The minimum atomic E-state index is -0.209. The van der Waals surface area contributed by atoms with E-state index in [0.717, 1.165) is 11.1 Å². The van der Waals surface area contributed by atoms with Gasteiger partial charge in [0.1, 0.15) is 5.65 Å². The Balaban J connectivity index is 1.77. The monoisotopic (exact) mass is 252 g/mol. The molecule has 0 radical (unpaired) electrons. The molecule has 0 spiro atoms. The molecule has 0 bridgehead atoms. The number of rotatable bonds is 2. The SMILES string of the molecule is O=C(NCc1ccccn1)n1ccc2cccnc21. The summed E-state index contributed by atoms with van der Waals surface area (Å²) in [5.74, 6) is 0. The number of hydrogen-bond donors (Lipinski definition) is 1. The van der Waals surface area contributed by atoms with Crippen LogP contribution >= 0.6 is 0 Å². The summed E-state index contributed by atoms with van der Waals surface area (Å²) in [7, 11) is 0. The lowest BCUT2D eigenvalue weighted by molar-refractivity contribution is 0.242. The minimum Gasteiger partial charge on any atom is -0.332 e. The van der Waals surface area contributed by atoms with Crippen molar-refractivity contribution in [2.45, 2.75) is 6.54 Å². The summed E-state index contributed by atoms with van der Waals surface area (Å²) in [6.07, 6.45) is 5.09. The van der Waals surface area contributed by atoms with Gasteiger partial charge in [-0.25, -0.2) is 9.78 Å². The van der Waals surface area contributed by atoms with E-state index in [0.29, 0.717) is 12.2 Å². The Morgan fingerprint density at radius 2 is 2.00 bits per heavy atom. The molecule has 0 aromatic carbocycles. The molecule has 0 fully saturated rings. The van der Waals surface area contributed by atoms with Crippen LogP contribution in [0.15, 0.2) is 55.0 Å². The molecule has 1 amide bonds. The zero-order valence-electron chi connectivity index (χ0n) is 10.2. The van der Waals surface area contributed by atoms with Crippen molar-refractivity contribution in [1.29, 1.82) is 0 Å². The maximum Gasteiger partial charge on any atom is 0.327 e. The molecular formula is C14H12N4O. The first-order valence-corrected chi connectivity index (χ1v) is 5.95. The molecule has 0 saturated carbocycles. The predicted octanol–water partition coefficient (Wildman–Crippen LogP) is 2.19. The average molecular weight is 252 g/mol. The summed E-state index contributed by atoms with van der Waals surface area (Å²) < 4.78 is 1.50. The van der Waals surface area contributed by atoms with Crippen molar-refractivity contribution < 1.29 is 4.79 Å². The zero-order chi connectivity index (χ0) is 13.1. The van der Waals surface area contributed by atoms with Gasteiger partial charge in [-0.1, -0.05) is 6.07 Å². The van der Waals surface area contributed by atoms with Crippen molar-refractivity contribution >= 4 is 17.1 Å². The van der Waals surface area contributed by atoms with E-state index in [2.05, 4.69) is 15.3 Å². The van der Waals surface area contributed by atoms with Crippen LogP contribution in [0.5, 0.6) is 0 Å². The molecule has 1 N–H and O–H groups in total. The van der Waals surface area contributed by atoms with Crippen LogP contribution in [0.3, 0.4) is 0 Å². The van der Waals surface area contributed by atoms with Crippen LogP contribution in [-0.2, 0) is 6.54 Å². The lowest BCUT2D eigenvalue weighted by Crippen LogP contribution is -2.27. The standard InChI is InChI=1S/C14H12N4O/c19-14(17-10-12-5-1-2-7-15-12)18-9-6-11-4-3-8-16-13(11)18/h1-9H,10H2,(H,17,19). The number of nitrogens with one attached hydrogen (secondary N) is 1. The fraction of sp³-hybridized carbons (Fsp3) is 0.0714. The van der Waals surface area contributed by atoms with E-state index < -0.39 is 0 Å². The largest absolute Gasteiger partial charge is 0.332 e. The highest BCUT2D eigenvalue weighted by Crippen LogP contribution is 2.11. The maximum atomic E-state index is 12.1. The number of aromatic nitrogens is 3. The Labute approximate surface area is 109 Å². The summed E-state index contributed by atoms with van der Waals surface area (Å²) in [6.45, 7) is 0.395. The summed E-state index contributed by atoms with van der Waals surface area (Å²) in [4.78, 5) is 20.4. The van der Waals surface area contributed by atoms with E-state index in [-0.39, 0.29) is 6.03 Å². The molecule has 3 aromatic heterocycles. The summed E-state index contributed by atoms with van der Waals surface area (Å²) in [5, 5.41) is 3.76. The van der Waals surface area contributed by atoms with Gasteiger partial charge in [0.2, 0.25) is 0 Å². The molecule has 0 atom stereocenters. The first-order chi connectivity index (χ1) is 9.34. The fourth-order valence-corrected chi connectivity index (χ4v) is 1.88. The second kappa shape index (κ2) is 4.89. The molecule has 19 heavy (non-hydrogen) atoms. The number of nitrogens with zero attached hydrogens (tertiary/aromatic N) is 3. The third kappa shape index (κ3) is 2.30. The van der Waals surface area contributed by atoms with Gasteiger partial charge >= 0.3 is 6.03 Å². The Kier molecular flexibility index (Phi) is 2.94. The molecule has 3 aromatic rings. The molecule has 5 nitrogen and oxygen atoms in total. The topological polar surface area (TPSA) is 59.8 Å². The van der Waals surface area contributed by atoms with Crippen molar-refractivity contribution in [2.24, 2.45) is 0 Å². The van der Waals surface area contributed by atoms with E-state index in [1.54, 1.807) is 18.6 Å². The van der Waals surface area contributed by atoms with Gasteiger partial charge in [0.15, 0.2) is 0 Å². The Morgan fingerprint density at radius 1 is 1.11 bits per heavy atom. The van der Waals surface area contributed by atoms with Gasteiger partial charge in [0.05, 0.1) is 12.2 Å². The van der Waals surface area contributed by atoms with Gasteiger partial charge in [0, 0.05) is 24.0 Å². The number of carbonyl (C=O) groups excluding carboxylic acids is 1. The van der Waals surface area contributed by atoms with Gasteiger partial charge in [-0.2, -0.15) is 0 Å². The molecule has 3 heterocycles. The lowest BCUT2D eigenvalue weighted by atomic mass is 10.3. The van der Waals surface area contributed by atoms with E-state index in [1.165, 1.54) is 4.57 Å². The fourth-order valence-electron chi connectivity index (χ4n) is 1.88. The first kappa shape index (κ1) is 11.4. The van der Waals surface area contributed by atoms with Gasteiger partial charge in [0.25, 0.3) is 0 Å². The van der Waals surface area contributed by atoms with Crippen LogP contribution in [0.25, 0.3) is 11.0 Å². The normalized spacial score (nSPS) is 10.5. The quantitative estimate of drug-likeness (QED) is 0.760. The Hall–Kier alpha value is -2.69. The molecule has 94 valence electrons. The molecule has 0 aliphatic carbocycles. The van der Waals surface area contributed by atoms with Gasteiger partial charge in [-0.15, -0.1) is 0 Å². The predicted molar refractivity (Wildman–Crippen MR) is 71.6 cm³/mol. The summed E-state index contributed by atoms with van der Waals surface area (Å²) >= 11 is 0. The number of amides is 1. The number of hydrogen-bond acceptors (Lipinski definition) is 3. The van der Waals surface area contributed by atoms with Crippen molar-refractivity contribution in [3.63, 3.8) is 0 Å². The van der Waals surface area contributed by atoms with Gasteiger partial charge in [-0.05, 0) is 30.3 Å². The third-order valence-electron chi connectivity index (χ3n) is 2.81. The van der Waals surface area contributed by atoms with Crippen LogP contribution in [0, 0.1) is 0 Å². The minimum absolute atomic E-state index is 0.209. The second-order valence-electron chi connectivity index (χ2n) is 4.08. The molecule has 0 saturated heterocycles. The Bertz CT molecular complexity index is 706. The van der Waals surface area contributed by atoms with Crippen LogP contribution in [-0.4, -0.2) is 20.6 Å². The van der Waals surface area contributed by atoms with Crippen molar-refractivity contribution in [3.8, 4) is 0 Å². The number of carbonyl (C=O) groups is 1. The van der Waals surface area contributed by atoms with Crippen LogP contribution in [0.2, 0.25) is 0 Å². The van der Waals surface area contributed by atoms with E-state index in [9.17, 15) is 4.79 Å². The molecule has 3 rings (SSSR count). The molecule has 0 aliphatic rings.